The van der Waals surface area contributed by atoms with Crippen LogP contribution in [0.2, 0.25) is 0 Å². The van der Waals surface area contributed by atoms with Crippen molar-refractivity contribution in [2.75, 3.05) is 66.0 Å². The molecule has 0 spiro atoms. The van der Waals surface area contributed by atoms with E-state index in [4.69, 9.17) is 14.2 Å². The Balaban J connectivity index is 1.54. The third kappa shape index (κ3) is 7.72. The maximum Gasteiger partial charge on any atom is 0.191 e. The van der Waals surface area contributed by atoms with Crippen molar-refractivity contribution >= 4 is 17.7 Å². The minimum absolute atomic E-state index is 0.267. The van der Waals surface area contributed by atoms with Crippen molar-refractivity contribution in [3.63, 3.8) is 0 Å². The molecule has 0 radical (unpaired) electrons. The second-order valence-corrected chi connectivity index (χ2v) is 8.11. The maximum absolute atomic E-state index is 5.80. The zero-order chi connectivity index (χ0) is 17.8. The molecular weight excluding hydrogens is 338 g/mol. The molecule has 7 heteroatoms. The summed E-state index contributed by atoms with van der Waals surface area (Å²) in [6.45, 7) is 6.98. The van der Waals surface area contributed by atoms with Crippen molar-refractivity contribution in [2.45, 2.75) is 36.9 Å². The van der Waals surface area contributed by atoms with Crippen molar-refractivity contribution in [1.29, 1.82) is 0 Å². The van der Waals surface area contributed by atoms with Gasteiger partial charge in [-0.1, -0.05) is 0 Å². The molecule has 2 N–H and O–H groups in total. The third-order valence-electron chi connectivity index (χ3n) is 5.09. The number of hydrogen-bond donors (Lipinski definition) is 2. The molecule has 2 aliphatic heterocycles. The van der Waals surface area contributed by atoms with Crippen LogP contribution < -0.4 is 10.6 Å². The van der Waals surface area contributed by atoms with E-state index >= 15 is 0 Å². The van der Waals surface area contributed by atoms with Crippen LogP contribution in [0, 0.1) is 5.92 Å². The number of ether oxygens (including phenoxy) is 3. The summed E-state index contributed by atoms with van der Waals surface area (Å²) in [6, 6.07) is 0. The lowest BCUT2D eigenvalue weighted by Gasteiger charge is -2.36. The van der Waals surface area contributed by atoms with E-state index in [1.165, 1.54) is 0 Å². The number of rotatable bonds is 9. The average molecular weight is 374 g/mol. The first-order valence-corrected chi connectivity index (χ1v) is 10.7. The predicted octanol–water partition coefficient (Wildman–Crippen LogP) is 1.90. The zero-order valence-electron chi connectivity index (χ0n) is 15.8. The topological polar surface area (TPSA) is 64.1 Å². The van der Waals surface area contributed by atoms with Gasteiger partial charge in [0.2, 0.25) is 0 Å². The second kappa shape index (κ2) is 12.0. The first-order valence-electron chi connectivity index (χ1n) is 9.51. The van der Waals surface area contributed by atoms with Crippen molar-refractivity contribution < 1.29 is 14.2 Å². The average Bonchev–Trinajstić information content (AvgIpc) is 2.68. The zero-order valence-corrected chi connectivity index (χ0v) is 16.7. The summed E-state index contributed by atoms with van der Waals surface area (Å²) >= 11 is 1.94. The molecule has 146 valence electrons. The number of thioether (sulfide) groups is 1. The summed E-state index contributed by atoms with van der Waals surface area (Å²) in [4.78, 5) is 4.33. The van der Waals surface area contributed by atoms with E-state index in [1.54, 1.807) is 0 Å². The minimum atomic E-state index is 0.267. The Hall–Kier alpha value is -0.500. The van der Waals surface area contributed by atoms with Crippen molar-refractivity contribution in [2.24, 2.45) is 10.9 Å². The van der Waals surface area contributed by atoms with Crippen LogP contribution in [0.3, 0.4) is 0 Å². The Morgan fingerprint density at radius 1 is 1.16 bits per heavy atom. The number of nitrogens with one attached hydrogen (secondary N) is 2. The molecule has 2 rings (SSSR count). The summed E-state index contributed by atoms with van der Waals surface area (Å²) in [6.07, 6.45) is 7.65. The molecule has 6 nitrogen and oxygen atoms in total. The molecule has 25 heavy (non-hydrogen) atoms. The fraction of sp³-hybridized carbons (Fsp3) is 0.944. The lowest BCUT2D eigenvalue weighted by Crippen LogP contribution is -2.48. The largest absolute Gasteiger partial charge is 0.381 e. The Morgan fingerprint density at radius 2 is 1.88 bits per heavy atom. The number of aliphatic imine (C=N–C) groups is 1. The van der Waals surface area contributed by atoms with Crippen LogP contribution in [0.5, 0.6) is 0 Å². The van der Waals surface area contributed by atoms with Gasteiger partial charge >= 0.3 is 0 Å². The summed E-state index contributed by atoms with van der Waals surface area (Å²) in [7, 11) is 1.83. The van der Waals surface area contributed by atoms with Gasteiger partial charge in [0.1, 0.15) is 0 Å². The fourth-order valence-corrected chi connectivity index (χ4v) is 4.00. The lowest BCUT2D eigenvalue weighted by atomic mass is 9.99. The molecule has 0 atom stereocenters. The van der Waals surface area contributed by atoms with Crippen molar-refractivity contribution in [3.8, 4) is 0 Å². The SMILES string of the molecule is CN=C(NCCCOCC1CCOCC1)NCC1(SC)CCOCC1. The molecule has 0 aromatic heterocycles. The van der Waals surface area contributed by atoms with Gasteiger partial charge in [0.15, 0.2) is 5.96 Å². The van der Waals surface area contributed by atoms with Gasteiger partial charge in [-0.15, -0.1) is 0 Å². The highest BCUT2D eigenvalue weighted by atomic mass is 32.2. The van der Waals surface area contributed by atoms with E-state index < -0.39 is 0 Å². The van der Waals surface area contributed by atoms with Crippen LogP contribution in [0.25, 0.3) is 0 Å². The lowest BCUT2D eigenvalue weighted by molar-refractivity contribution is 0.0203. The summed E-state index contributed by atoms with van der Waals surface area (Å²) in [5.41, 5.74) is 0. The fourth-order valence-electron chi connectivity index (χ4n) is 3.21. The summed E-state index contributed by atoms with van der Waals surface area (Å²) < 4.78 is 16.9. The highest BCUT2D eigenvalue weighted by Gasteiger charge is 2.31. The van der Waals surface area contributed by atoms with E-state index in [0.717, 1.165) is 90.8 Å². The third-order valence-corrected chi connectivity index (χ3v) is 6.51. The summed E-state index contributed by atoms with van der Waals surface area (Å²) in [5, 5.41) is 6.87. The van der Waals surface area contributed by atoms with Crippen molar-refractivity contribution in [1.82, 2.24) is 10.6 Å². The summed E-state index contributed by atoms with van der Waals surface area (Å²) in [5.74, 6) is 1.56. The van der Waals surface area contributed by atoms with Gasteiger partial charge in [0.05, 0.1) is 0 Å². The van der Waals surface area contributed by atoms with Crippen LogP contribution in [0.1, 0.15) is 32.1 Å². The van der Waals surface area contributed by atoms with Gasteiger partial charge in [-0.3, -0.25) is 4.99 Å². The monoisotopic (exact) mass is 373 g/mol. The van der Waals surface area contributed by atoms with Crippen LogP contribution in [-0.2, 0) is 14.2 Å². The smallest absolute Gasteiger partial charge is 0.191 e. The molecule has 2 fully saturated rings. The number of hydrogen-bond acceptors (Lipinski definition) is 5. The number of guanidine groups is 1. The molecule has 2 heterocycles. The Kier molecular flexibility index (Phi) is 9.98. The quantitative estimate of drug-likeness (QED) is 0.366. The molecule has 0 aliphatic carbocycles. The molecule has 0 saturated carbocycles. The molecule has 2 saturated heterocycles. The van der Waals surface area contributed by atoms with E-state index in [2.05, 4.69) is 21.9 Å². The van der Waals surface area contributed by atoms with Gasteiger partial charge in [-0.05, 0) is 44.3 Å². The molecule has 0 unspecified atom stereocenters. The van der Waals surface area contributed by atoms with Gasteiger partial charge < -0.3 is 24.8 Å². The van der Waals surface area contributed by atoms with E-state index in [1.807, 2.05) is 18.8 Å². The van der Waals surface area contributed by atoms with Crippen LogP contribution in [0.15, 0.2) is 4.99 Å². The first-order chi connectivity index (χ1) is 12.3. The Morgan fingerprint density at radius 3 is 2.56 bits per heavy atom. The molecule has 0 bridgehead atoms. The van der Waals surface area contributed by atoms with E-state index in [0.29, 0.717) is 5.92 Å². The number of nitrogens with zero attached hydrogens (tertiary/aromatic N) is 1. The van der Waals surface area contributed by atoms with Crippen LogP contribution in [-0.4, -0.2) is 76.7 Å². The molecular formula is C18H35N3O3S. The van der Waals surface area contributed by atoms with Gasteiger partial charge in [0.25, 0.3) is 0 Å². The normalized spacial score (nSPS) is 21.9. The second-order valence-electron chi connectivity index (χ2n) is 6.84. The predicted molar refractivity (Wildman–Crippen MR) is 105 cm³/mol. The highest BCUT2D eigenvalue weighted by Crippen LogP contribution is 2.32. The first kappa shape index (κ1) is 20.8. The van der Waals surface area contributed by atoms with Crippen molar-refractivity contribution in [3.05, 3.63) is 0 Å². The van der Waals surface area contributed by atoms with Gasteiger partial charge in [0, 0.05) is 64.5 Å². The minimum Gasteiger partial charge on any atom is -0.381 e. The highest BCUT2D eigenvalue weighted by molar-refractivity contribution is 8.00. The van der Waals surface area contributed by atoms with E-state index in [-0.39, 0.29) is 4.75 Å². The van der Waals surface area contributed by atoms with Crippen LogP contribution >= 0.6 is 11.8 Å². The molecule has 0 amide bonds. The molecule has 2 aliphatic rings. The molecule has 0 aromatic rings. The Bertz CT molecular complexity index is 384. The molecule has 0 aromatic carbocycles. The van der Waals surface area contributed by atoms with Crippen LogP contribution in [0.4, 0.5) is 0 Å². The van der Waals surface area contributed by atoms with Gasteiger partial charge in [-0.25, -0.2) is 0 Å². The van der Waals surface area contributed by atoms with E-state index in [9.17, 15) is 0 Å². The maximum atomic E-state index is 5.80. The van der Waals surface area contributed by atoms with Gasteiger partial charge in [-0.2, -0.15) is 11.8 Å². The standard InChI is InChI=1S/C18H35N3O3S/c1-19-17(21-15-18(25-2)6-12-23-13-7-18)20-8-3-9-24-14-16-4-10-22-11-5-16/h16H,3-15H2,1-2H3,(H2,19,20,21). The Labute approximate surface area is 156 Å².